The van der Waals surface area contributed by atoms with E-state index in [-0.39, 0.29) is 11.3 Å². The zero-order valence-electron chi connectivity index (χ0n) is 22.3. The highest BCUT2D eigenvalue weighted by atomic mass is 16.5. The molecule has 0 spiro atoms. The molecule has 2 aliphatic rings. The molecule has 5 rings (SSSR count). The van der Waals surface area contributed by atoms with Crippen molar-refractivity contribution in [2.75, 3.05) is 60.2 Å². The Bertz CT molecular complexity index is 1410. The molecule has 10 heteroatoms. The lowest BCUT2D eigenvalue weighted by Gasteiger charge is -2.31. The van der Waals surface area contributed by atoms with E-state index in [0.717, 1.165) is 13.1 Å². The first kappa shape index (κ1) is 26.6. The summed E-state index contributed by atoms with van der Waals surface area (Å²) in [5.74, 6) is -0.301. The first-order chi connectivity index (χ1) is 19.0. The predicted octanol–water partition coefficient (Wildman–Crippen LogP) is 3.76. The number of morpholine rings is 1. The zero-order chi connectivity index (χ0) is 27.5. The number of rotatable bonds is 10. The Morgan fingerprint density at radius 2 is 1.79 bits per heavy atom. The number of methoxy groups -OCH3 is 2. The highest BCUT2D eigenvalue weighted by molar-refractivity contribution is 6.16. The van der Waals surface area contributed by atoms with Crippen LogP contribution in [0.2, 0.25) is 0 Å². The van der Waals surface area contributed by atoms with Crippen molar-refractivity contribution in [3.05, 3.63) is 65.1 Å². The van der Waals surface area contributed by atoms with E-state index in [4.69, 9.17) is 23.4 Å². The van der Waals surface area contributed by atoms with E-state index in [9.17, 15) is 14.7 Å². The topological polar surface area (TPSA) is 111 Å². The SMILES string of the molecule is CCOc1ccc(C2C(C(=O)c3cc4cccc(OC)c4o3)=C(O)C(=O)N2CCN2CCOCC2)cc1OC. The van der Waals surface area contributed by atoms with Crippen LogP contribution in [0.5, 0.6) is 17.2 Å². The first-order valence-electron chi connectivity index (χ1n) is 12.9. The van der Waals surface area contributed by atoms with Crippen LogP contribution in [0.15, 0.2) is 58.2 Å². The van der Waals surface area contributed by atoms with Gasteiger partial charge in [-0.2, -0.15) is 0 Å². The minimum Gasteiger partial charge on any atom is -0.503 e. The van der Waals surface area contributed by atoms with Crippen LogP contribution in [0.1, 0.15) is 29.1 Å². The number of hydrogen-bond acceptors (Lipinski definition) is 9. The van der Waals surface area contributed by atoms with Crippen molar-refractivity contribution in [1.82, 2.24) is 9.80 Å². The molecule has 1 N–H and O–H groups in total. The van der Waals surface area contributed by atoms with Crippen LogP contribution in [0, 0.1) is 0 Å². The largest absolute Gasteiger partial charge is 0.503 e. The molecule has 1 unspecified atom stereocenters. The molecule has 2 aliphatic heterocycles. The number of carbonyl (C=O) groups excluding carboxylic acids is 2. The average molecular weight is 537 g/mol. The molecule has 0 saturated carbocycles. The molecule has 2 aromatic carbocycles. The molecule has 0 radical (unpaired) electrons. The third-order valence-corrected chi connectivity index (χ3v) is 7.06. The number of aliphatic hydroxyl groups is 1. The maximum absolute atomic E-state index is 13.9. The quantitative estimate of drug-likeness (QED) is 0.387. The average Bonchev–Trinajstić information content (AvgIpc) is 3.51. The van der Waals surface area contributed by atoms with Crippen molar-refractivity contribution in [2.45, 2.75) is 13.0 Å². The summed E-state index contributed by atoms with van der Waals surface area (Å²) in [6.45, 7) is 5.92. The Kier molecular flexibility index (Phi) is 7.76. The van der Waals surface area contributed by atoms with Gasteiger partial charge in [0.1, 0.15) is 0 Å². The maximum Gasteiger partial charge on any atom is 0.290 e. The normalized spacial score (nSPS) is 18.2. The number of ketones is 1. The summed E-state index contributed by atoms with van der Waals surface area (Å²) in [5.41, 5.74) is 0.967. The lowest BCUT2D eigenvalue weighted by molar-refractivity contribution is -0.129. The third kappa shape index (κ3) is 5.05. The molecule has 39 heavy (non-hydrogen) atoms. The van der Waals surface area contributed by atoms with Gasteiger partial charge in [0.2, 0.25) is 5.78 Å². The van der Waals surface area contributed by atoms with E-state index in [1.54, 1.807) is 42.5 Å². The smallest absolute Gasteiger partial charge is 0.290 e. The number of Topliss-reactive ketones (excluding diaryl/α,β-unsaturated/α-hetero) is 1. The van der Waals surface area contributed by atoms with Gasteiger partial charge >= 0.3 is 0 Å². The number of para-hydroxylation sites is 1. The van der Waals surface area contributed by atoms with Gasteiger partial charge < -0.3 is 33.4 Å². The van der Waals surface area contributed by atoms with Gasteiger partial charge in [0.05, 0.1) is 45.7 Å². The minimum atomic E-state index is -0.856. The molecule has 0 bridgehead atoms. The second kappa shape index (κ2) is 11.4. The van der Waals surface area contributed by atoms with Crippen LogP contribution in [0.25, 0.3) is 11.0 Å². The van der Waals surface area contributed by atoms with E-state index in [1.165, 1.54) is 19.1 Å². The Balaban J connectivity index is 1.55. The molecule has 1 saturated heterocycles. The fourth-order valence-electron chi connectivity index (χ4n) is 5.11. The van der Waals surface area contributed by atoms with Gasteiger partial charge in [-0.25, -0.2) is 0 Å². The number of fused-ring (bicyclic) bond motifs is 1. The molecule has 3 aromatic rings. The number of ether oxygens (including phenoxy) is 4. The summed E-state index contributed by atoms with van der Waals surface area (Å²) in [5, 5.41) is 11.8. The molecule has 10 nitrogen and oxygen atoms in total. The highest BCUT2D eigenvalue weighted by Crippen LogP contribution is 2.42. The molecular weight excluding hydrogens is 504 g/mol. The molecule has 0 aliphatic carbocycles. The molecule has 1 fully saturated rings. The Labute approximate surface area is 226 Å². The summed E-state index contributed by atoms with van der Waals surface area (Å²) in [6.07, 6.45) is 0. The first-order valence-corrected chi connectivity index (χ1v) is 12.9. The second-order valence-electron chi connectivity index (χ2n) is 9.28. The lowest BCUT2D eigenvalue weighted by Crippen LogP contribution is -2.43. The number of nitrogens with zero attached hydrogens (tertiary/aromatic N) is 2. The molecule has 1 aromatic heterocycles. The summed E-state index contributed by atoms with van der Waals surface area (Å²) < 4.78 is 27.9. The summed E-state index contributed by atoms with van der Waals surface area (Å²) in [6, 6.07) is 11.3. The summed E-state index contributed by atoms with van der Waals surface area (Å²) >= 11 is 0. The number of carbonyl (C=O) groups is 2. The van der Waals surface area contributed by atoms with Gasteiger partial charge in [0.15, 0.2) is 34.4 Å². The number of aliphatic hydroxyl groups excluding tert-OH is 1. The summed E-state index contributed by atoms with van der Waals surface area (Å²) in [7, 11) is 3.04. The van der Waals surface area contributed by atoms with Crippen molar-refractivity contribution < 1.29 is 38.1 Å². The Hall–Kier alpha value is -4.02. The number of benzene rings is 2. The fraction of sp³-hybridized carbons (Fsp3) is 0.379. The van der Waals surface area contributed by atoms with Gasteiger partial charge in [-0.15, -0.1) is 0 Å². The lowest BCUT2D eigenvalue weighted by atomic mass is 9.94. The van der Waals surface area contributed by atoms with E-state index < -0.39 is 23.5 Å². The van der Waals surface area contributed by atoms with Gasteiger partial charge in [-0.3, -0.25) is 14.5 Å². The number of furan rings is 1. The van der Waals surface area contributed by atoms with Crippen LogP contribution < -0.4 is 14.2 Å². The van der Waals surface area contributed by atoms with Crippen molar-refractivity contribution in [3.63, 3.8) is 0 Å². The van der Waals surface area contributed by atoms with Crippen LogP contribution in [-0.4, -0.2) is 86.8 Å². The van der Waals surface area contributed by atoms with E-state index in [0.29, 0.717) is 66.7 Å². The Morgan fingerprint density at radius 3 is 2.51 bits per heavy atom. The maximum atomic E-state index is 13.9. The van der Waals surface area contributed by atoms with E-state index in [1.807, 2.05) is 6.92 Å². The van der Waals surface area contributed by atoms with Gasteiger partial charge in [-0.1, -0.05) is 18.2 Å². The summed E-state index contributed by atoms with van der Waals surface area (Å²) in [4.78, 5) is 31.1. The molecule has 3 heterocycles. The highest BCUT2D eigenvalue weighted by Gasteiger charge is 2.45. The predicted molar refractivity (Wildman–Crippen MR) is 143 cm³/mol. The number of amides is 1. The molecule has 1 atom stereocenters. The molecule has 1 amide bonds. The van der Waals surface area contributed by atoms with Crippen molar-refractivity contribution in [1.29, 1.82) is 0 Å². The standard InChI is InChI=1S/C29H32N2O8/c1-4-38-20-9-8-18(16-22(20)36-3)25-24(26(32)23-17-19-6-5-7-21(35-2)28(19)39-23)27(33)29(34)31(25)11-10-30-12-14-37-15-13-30/h5-9,16-17,25,33H,4,10-15H2,1-3H3. The molecular formula is C29H32N2O8. The fourth-order valence-corrected chi connectivity index (χ4v) is 5.11. The third-order valence-electron chi connectivity index (χ3n) is 7.06. The van der Waals surface area contributed by atoms with E-state index >= 15 is 0 Å². The second-order valence-corrected chi connectivity index (χ2v) is 9.28. The monoisotopic (exact) mass is 536 g/mol. The van der Waals surface area contributed by atoms with E-state index in [2.05, 4.69) is 4.90 Å². The number of hydrogen-bond donors (Lipinski definition) is 1. The van der Waals surface area contributed by atoms with Crippen LogP contribution >= 0.6 is 0 Å². The van der Waals surface area contributed by atoms with Crippen LogP contribution in [0.4, 0.5) is 0 Å². The van der Waals surface area contributed by atoms with Crippen molar-refractivity contribution >= 4 is 22.7 Å². The van der Waals surface area contributed by atoms with Crippen molar-refractivity contribution in [3.8, 4) is 17.2 Å². The van der Waals surface area contributed by atoms with Crippen LogP contribution in [-0.2, 0) is 9.53 Å². The van der Waals surface area contributed by atoms with Crippen molar-refractivity contribution in [2.24, 2.45) is 0 Å². The minimum absolute atomic E-state index is 0.00165. The van der Waals surface area contributed by atoms with Gasteiger partial charge in [0.25, 0.3) is 5.91 Å². The Morgan fingerprint density at radius 1 is 1.03 bits per heavy atom. The van der Waals surface area contributed by atoms with Gasteiger partial charge in [-0.05, 0) is 36.8 Å². The van der Waals surface area contributed by atoms with Gasteiger partial charge in [0, 0.05) is 31.6 Å². The van der Waals surface area contributed by atoms with Crippen LogP contribution in [0.3, 0.4) is 0 Å². The zero-order valence-corrected chi connectivity index (χ0v) is 22.3. The molecule has 206 valence electrons.